The average Bonchev–Trinajstić information content (AvgIpc) is 2.43. The summed E-state index contributed by atoms with van der Waals surface area (Å²) in [6, 6.07) is -0.424. The minimum Gasteiger partial charge on any atom is -0.480 e. The number of aliphatic hydroxyl groups excluding tert-OH is 1. The van der Waals surface area contributed by atoms with Gasteiger partial charge in [0.05, 0.1) is 6.61 Å². The van der Waals surface area contributed by atoms with Crippen molar-refractivity contribution in [3.05, 3.63) is 0 Å². The minimum absolute atomic E-state index is 0.119. The molecule has 1 rings (SSSR count). The molecule has 1 saturated carbocycles. The Morgan fingerprint density at radius 1 is 1.19 bits per heavy atom. The van der Waals surface area contributed by atoms with Crippen LogP contribution in [0.15, 0.2) is 0 Å². The van der Waals surface area contributed by atoms with E-state index in [1.54, 1.807) is 0 Å². The van der Waals surface area contributed by atoms with E-state index in [4.69, 9.17) is 10.2 Å². The van der Waals surface area contributed by atoms with Gasteiger partial charge >= 0.3 is 12.0 Å². The first-order chi connectivity index (χ1) is 9.86. The number of carboxylic acids is 1. The predicted octanol–water partition coefficient (Wildman–Crippen LogP) is 1.82. The standard InChI is InChI=1S/C15H28N2O4/c1-15(2,13(19)20)16-14(21)17(10-11-18)9-8-12-6-4-3-5-7-12/h12,18H,3-11H2,1-2H3,(H,16,21)(H,19,20). The molecule has 3 N–H and O–H groups in total. The normalized spacial score (nSPS) is 16.5. The molecule has 0 aliphatic heterocycles. The highest BCUT2D eigenvalue weighted by atomic mass is 16.4. The minimum atomic E-state index is -1.31. The Morgan fingerprint density at radius 2 is 1.81 bits per heavy atom. The van der Waals surface area contributed by atoms with Crippen LogP contribution in [-0.2, 0) is 4.79 Å². The number of hydrogen-bond acceptors (Lipinski definition) is 3. The SMILES string of the molecule is CC(C)(NC(=O)N(CCO)CCC1CCCCC1)C(=O)O. The van der Waals surface area contributed by atoms with Gasteiger partial charge < -0.3 is 20.4 Å². The van der Waals surface area contributed by atoms with Gasteiger partial charge in [-0.2, -0.15) is 0 Å². The first-order valence-electron chi connectivity index (χ1n) is 7.78. The average molecular weight is 300 g/mol. The number of carbonyl (C=O) groups is 2. The molecule has 21 heavy (non-hydrogen) atoms. The Morgan fingerprint density at radius 3 is 2.33 bits per heavy atom. The maximum atomic E-state index is 12.2. The molecule has 6 heteroatoms. The maximum Gasteiger partial charge on any atom is 0.328 e. The summed E-state index contributed by atoms with van der Waals surface area (Å²) in [6.07, 6.45) is 7.13. The number of urea groups is 1. The molecule has 0 radical (unpaired) electrons. The molecule has 0 aromatic heterocycles. The number of aliphatic carboxylic acids is 1. The van der Waals surface area contributed by atoms with Crippen LogP contribution in [0.1, 0.15) is 52.4 Å². The fraction of sp³-hybridized carbons (Fsp3) is 0.867. The molecule has 1 aliphatic carbocycles. The van der Waals surface area contributed by atoms with Crippen LogP contribution in [0.5, 0.6) is 0 Å². The maximum absolute atomic E-state index is 12.2. The topological polar surface area (TPSA) is 89.9 Å². The van der Waals surface area contributed by atoms with Crippen molar-refractivity contribution >= 4 is 12.0 Å². The molecule has 1 aliphatic rings. The summed E-state index contributed by atoms with van der Waals surface area (Å²) >= 11 is 0. The third-order valence-electron chi connectivity index (χ3n) is 4.14. The van der Waals surface area contributed by atoms with E-state index in [1.807, 2.05) is 0 Å². The summed E-state index contributed by atoms with van der Waals surface area (Å²) in [5.74, 6) is -0.438. The zero-order chi connectivity index (χ0) is 15.9. The largest absolute Gasteiger partial charge is 0.480 e. The van der Waals surface area contributed by atoms with Crippen molar-refractivity contribution in [1.29, 1.82) is 0 Å². The van der Waals surface area contributed by atoms with Gasteiger partial charge in [-0.05, 0) is 26.2 Å². The Bertz CT molecular complexity index is 352. The lowest BCUT2D eigenvalue weighted by molar-refractivity contribution is -0.143. The van der Waals surface area contributed by atoms with Gasteiger partial charge in [0, 0.05) is 13.1 Å². The first-order valence-corrected chi connectivity index (χ1v) is 7.78. The molecule has 6 nitrogen and oxygen atoms in total. The van der Waals surface area contributed by atoms with E-state index in [-0.39, 0.29) is 13.2 Å². The third-order valence-corrected chi connectivity index (χ3v) is 4.14. The summed E-state index contributed by atoms with van der Waals surface area (Å²) in [4.78, 5) is 24.7. The molecule has 0 atom stereocenters. The molecule has 2 amide bonds. The first kappa shape index (κ1) is 17.8. The number of carboxylic acid groups (broad SMARTS) is 1. The van der Waals surface area contributed by atoms with Gasteiger partial charge in [-0.1, -0.05) is 32.1 Å². The number of rotatable bonds is 7. The van der Waals surface area contributed by atoms with Crippen LogP contribution >= 0.6 is 0 Å². The second kappa shape index (κ2) is 8.22. The highest BCUT2D eigenvalue weighted by Crippen LogP contribution is 2.26. The Balaban J connectivity index is 2.50. The quantitative estimate of drug-likeness (QED) is 0.669. The van der Waals surface area contributed by atoms with E-state index >= 15 is 0 Å². The van der Waals surface area contributed by atoms with E-state index < -0.39 is 17.5 Å². The summed E-state index contributed by atoms with van der Waals surface area (Å²) in [5.41, 5.74) is -1.31. The van der Waals surface area contributed by atoms with Gasteiger partial charge in [-0.25, -0.2) is 9.59 Å². The number of aliphatic hydroxyl groups is 1. The van der Waals surface area contributed by atoms with E-state index in [0.717, 1.165) is 6.42 Å². The molecule has 0 aromatic rings. The smallest absolute Gasteiger partial charge is 0.328 e. The molecular weight excluding hydrogens is 272 g/mol. The lowest BCUT2D eigenvalue weighted by Crippen LogP contribution is -2.55. The molecule has 0 spiro atoms. The van der Waals surface area contributed by atoms with Crippen molar-refractivity contribution < 1.29 is 19.8 Å². The van der Waals surface area contributed by atoms with Gasteiger partial charge in [0.1, 0.15) is 5.54 Å². The fourth-order valence-corrected chi connectivity index (χ4v) is 2.65. The van der Waals surface area contributed by atoms with Crippen molar-refractivity contribution in [3.63, 3.8) is 0 Å². The Labute approximate surface area is 126 Å². The van der Waals surface area contributed by atoms with Crippen molar-refractivity contribution in [1.82, 2.24) is 10.2 Å². The van der Waals surface area contributed by atoms with Gasteiger partial charge in [0.15, 0.2) is 0 Å². The fourth-order valence-electron chi connectivity index (χ4n) is 2.65. The van der Waals surface area contributed by atoms with Crippen molar-refractivity contribution in [2.24, 2.45) is 5.92 Å². The highest BCUT2D eigenvalue weighted by molar-refractivity contribution is 5.85. The number of hydrogen-bond donors (Lipinski definition) is 3. The van der Waals surface area contributed by atoms with Crippen LogP contribution in [0, 0.1) is 5.92 Å². The van der Waals surface area contributed by atoms with Crippen molar-refractivity contribution in [3.8, 4) is 0 Å². The second-order valence-corrected chi connectivity index (χ2v) is 6.36. The lowest BCUT2D eigenvalue weighted by atomic mass is 9.87. The summed E-state index contributed by atoms with van der Waals surface area (Å²) < 4.78 is 0. The molecule has 0 bridgehead atoms. The molecular formula is C15H28N2O4. The van der Waals surface area contributed by atoms with Crippen LogP contribution in [0.25, 0.3) is 0 Å². The zero-order valence-corrected chi connectivity index (χ0v) is 13.1. The predicted molar refractivity (Wildman–Crippen MR) is 80.1 cm³/mol. The summed E-state index contributed by atoms with van der Waals surface area (Å²) in [6.45, 7) is 3.57. The second-order valence-electron chi connectivity index (χ2n) is 6.36. The molecule has 0 aromatic carbocycles. The molecule has 122 valence electrons. The van der Waals surface area contributed by atoms with E-state index in [2.05, 4.69) is 5.32 Å². The molecule has 1 fully saturated rings. The Kier molecular flexibility index (Phi) is 6.95. The van der Waals surface area contributed by atoms with Crippen LogP contribution in [0.2, 0.25) is 0 Å². The van der Waals surface area contributed by atoms with E-state index in [1.165, 1.54) is 50.9 Å². The van der Waals surface area contributed by atoms with Crippen molar-refractivity contribution in [2.45, 2.75) is 57.9 Å². The van der Waals surface area contributed by atoms with Crippen molar-refractivity contribution in [2.75, 3.05) is 19.7 Å². The number of amides is 2. The number of carbonyl (C=O) groups excluding carboxylic acids is 1. The van der Waals surface area contributed by atoms with Crippen LogP contribution in [0.4, 0.5) is 4.79 Å². The molecule has 0 unspecified atom stereocenters. The highest BCUT2D eigenvalue weighted by Gasteiger charge is 2.31. The summed E-state index contributed by atoms with van der Waals surface area (Å²) in [5, 5.41) is 20.6. The lowest BCUT2D eigenvalue weighted by Gasteiger charge is -2.30. The van der Waals surface area contributed by atoms with Crippen LogP contribution in [0.3, 0.4) is 0 Å². The van der Waals surface area contributed by atoms with Gasteiger partial charge in [0.2, 0.25) is 0 Å². The van der Waals surface area contributed by atoms with Crippen LogP contribution in [-0.4, -0.2) is 52.3 Å². The number of nitrogens with one attached hydrogen (secondary N) is 1. The third kappa shape index (κ3) is 5.91. The summed E-state index contributed by atoms with van der Waals surface area (Å²) in [7, 11) is 0. The van der Waals surface area contributed by atoms with Crippen LogP contribution < -0.4 is 5.32 Å². The monoisotopic (exact) mass is 300 g/mol. The Hall–Kier alpha value is -1.30. The van der Waals surface area contributed by atoms with Gasteiger partial charge in [0.25, 0.3) is 0 Å². The number of nitrogens with zero attached hydrogens (tertiary/aromatic N) is 1. The molecule has 0 saturated heterocycles. The molecule has 0 heterocycles. The van der Waals surface area contributed by atoms with E-state index in [0.29, 0.717) is 12.5 Å². The van der Waals surface area contributed by atoms with Gasteiger partial charge in [-0.3, -0.25) is 0 Å². The van der Waals surface area contributed by atoms with E-state index in [9.17, 15) is 9.59 Å². The zero-order valence-electron chi connectivity index (χ0n) is 13.1. The van der Waals surface area contributed by atoms with Gasteiger partial charge in [-0.15, -0.1) is 0 Å².